The predicted molar refractivity (Wildman–Crippen MR) is 89.9 cm³/mol. The first kappa shape index (κ1) is 19.7. The van der Waals surface area contributed by atoms with Crippen LogP contribution in [0.4, 0.5) is 0 Å². The van der Waals surface area contributed by atoms with Crippen LogP contribution in [0.2, 0.25) is 0 Å². The number of hydrogen-bond acceptors (Lipinski definition) is 2. The molecule has 0 saturated carbocycles. The Balaban J connectivity index is 3.13. The minimum absolute atomic E-state index is 0.163. The molecule has 0 aromatic rings. The van der Waals surface area contributed by atoms with Gasteiger partial charge in [-0.3, -0.25) is 0 Å². The summed E-state index contributed by atoms with van der Waals surface area (Å²) in [5, 5.41) is 9.49. The van der Waals surface area contributed by atoms with Crippen molar-refractivity contribution in [3.63, 3.8) is 0 Å². The van der Waals surface area contributed by atoms with Crippen molar-refractivity contribution in [2.24, 2.45) is 5.73 Å². The summed E-state index contributed by atoms with van der Waals surface area (Å²) in [5.41, 5.74) is 5.58. The molecule has 0 saturated heterocycles. The Labute approximate surface area is 126 Å². The summed E-state index contributed by atoms with van der Waals surface area (Å²) in [7, 11) is 0. The Morgan fingerprint density at radius 2 is 1.30 bits per heavy atom. The van der Waals surface area contributed by atoms with E-state index < -0.39 is 6.10 Å². The molecule has 120 valence electrons. The zero-order chi connectivity index (χ0) is 15.1. The summed E-state index contributed by atoms with van der Waals surface area (Å²) < 4.78 is 0. The summed E-state index contributed by atoms with van der Waals surface area (Å²) in [5.74, 6) is 0. The number of allylic oxidation sites excluding steroid dienone is 1. The van der Waals surface area contributed by atoms with Gasteiger partial charge in [-0.15, -0.1) is 0 Å². The van der Waals surface area contributed by atoms with Crippen molar-refractivity contribution in [1.82, 2.24) is 0 Å². The molecule has 0 spiro atoms. The molecule has 2 unspecified atom stereocenters. The lowest BCUT2D eigenvalue weighted by atomic mass is 10.0. The molecule has 0 radical (unpaired) electrons. The molecule has 0 aliphatic carbocycles. The van der Waals surface area contributed by atoms with E-state index in [1.54, 1.807) is 0 Å². The Morgan fingerprint density at radius 3 is 1.75 bits per heavy atom. The highest BCUT2D eigenvalue weighted by Gasteiger charge is 2.03. The quantitative estimate of drug-likeness (QED) is 0.350. The van der Waals surface area contributed by atoms with Crippen LogP contribution in [0.25, 0.3) is 0 Å². The molecule has 2 atom stereocenters. The van der Waals surface area contributed by atoms with Crippen molar-refractivity contribution in [1.29, 1.82) is 0 Å². The van der Waals surface area contributed by atoms with Gasteiger partial charge in [0.1, 0.15) is 0 Å². The van der Waals surface area contributed by atoms with E-state index in [9.17, 15) is 5.11 Å². The monoisotopic (exact) mass is 283 g/mol. The first-order valence-corrected chi connectivity index (χ1v) is 8.78. The zero-order valence-corrected chi connectivity index (χ0v) is 13.8. The molecule has 2 heteroatoms. The molecule has 3 N–H and O–H groups in total. The number of hydrogen-bond donors (Lipinski definition) is 2. The third-order valence-electron chi connectivity index (χ3n) is 3.85. The first-order chi connectivity index (χ1) is 9.68. The normalized spacial score (nSPS) is 14.8. The van der Waals surface area contributed by atoms with Crippen LogP contribution in [0.5, 0.6) is 0 Å². The molecule has 0 aromatic heterocycles. The van der Waals surface area contributed by atoms with Crippen LogP contribution >= 0.6 is 0 Å². The van der Waals surface area contributed by atoms with Gasteiger partial charge in [-0.2, -0.15) is 0 Å². The highest BCUT2D eigenvalue weighted by Crippen LogP contribution is 2.12. The molecule has 0 bridgehead atoms. The second-order valence-electron chi connectivity index (χ2n) is 6.10. The van der Waals surface area contributed by atoms with Crippen LogP contribution in [-0.4, -0.2) is 17.3 Å². The summed E-state index contributed by atoms with van der Waals surface area (Å²) >= 11 is 0. The van der Waals surface area contributed by atoms with E-state index in [-0.39, 0.29) is 6.04 Å². The summed E-state index contributed by atoms with van der Waals surface area (Å²) in [4.78, 5) is 0. The van der Waals surface area contributed by atoms with E-state index >= 15 is 0 Å². The zero-order valence-electron chi connectivity index (χ0n) is 13.8. The van der Waals surface area contributed by atoms with Crippen molar-refractivity contribution in [3.05, 3.63) is 12.2 Å². The Bertz CT molecular complexity index is 213. The van der Waals surface area contributed by atoms with Gasteiger partial charge in [-0.1, -0.05) is 83.3 Å². The summed E-state index contributed by atoms with van der Waals surface area (Å²) in [6.07, 6.45) is 19.7. The summed E-state index contributed by atoms with van der Waals surface area (Å²) in [6, 6.07) is -0.163. The van der Waals surface area contributed by atoms with Crippen molar-refractivity contribution in [2.45, 2.75) is 103 Å². The SMILES string of the molecule is CCCCCCCCCCCCC/C=C/C(O)C(C)N. The highest BCUT2D eigenvalue weighted by molar-refractivity contribution is 4.92. The Kier molecular flexibility index (Phi) is 14.8. The lowest BCUT2D eigenvalue weighted by molar-refractivity contribution is 0.198. The van der Waals surface area contributed by atoms with Crippen molar-refractivity contribution in [2.75, 3.05) is 0 Å². The van der Waals surface area contributed by atoms with Gasteiger partial charge in [0.15, 0.2) is 0 Å². The average Bonchev–Trinajstić information content (AvgIpc) is 2.43. The largest absolute Gasteiger partial charge is 0.387 e. The average molecular weight is 284 g/mol. The van der Waals surface area contributed by atoms with Gasteiger partial charge in [-0.25, -0.2) is 0 Å². The molecule has 0 amide bonds. The maximum atomic E-state index is 9.49. The molecule has 0 fully saturated rings. The molecule has 0 aliphatic rings. The second kappa shape index (κ2) is 15.1. The van der Waals surface area contributed by atoms with Crippen LogP contribution in [0, 0.1) is 0 Å². The highest BCUT2D eigenvalue weighted by atomic mass is 16.3. The topological polar surface area (TPSA) is 46.2 Å². The third kappa shape index (κ3) is 14.1. The second-order valence-corrected chi connectivity index (χ2v) is 6.10. The Morgan fingerprint density at radius 1 is 0.850 bits per heavy atom. The van der Waals surface area contributed by atoms with Gasteiger partial charge in [-0.05, 0) is 19.8 Å². The van der Waals surface area contributed by atoms with Crippen molar-refractivity contribution < 1.29 is 5.11 Å². The maximum absolute atomic E-state index is 9.49. The molecule has 20 heavy (non-hydrogen) atoms. The molecule has 0 aliphatic heterocycles. The van der Waals surface area contributed by atoms with Crippen molar-refractivity contribution >= 4 is 0 Å². The maximum Gasteiger partial charge on any atom is 0.0869 e. The van der Waals surface area contributed by atoms with Gasteiger partial charge < -0.3 is 10.8 Å². The minimum Gasteiger partial charge on any atom is -0.387 e. The standard InChI is InChI=1S/C18H37NO/c1-3-4-5-6-7-8-9-10-11-12-13-14-15-16-18(20)17(2)19/h15-18,20H,3-14,19H2,1-2H3/b16-15+. The van der Waals surface area contributed by atoms with Gasteiger partial charge in [0.2, 0.25) is 0 Å². The summed E-state index contributed by atoms with van der Waals surface area (Å²) in [6.45, 7) is 4.10. The fraction of sp³-hybridized carbons (Fsp3) is 0.889. The number of nitrogens with two attached hydrogens (primary N) is 1. The lowest BCUT2D eigenvalue weighted by Crippen LogP contribution is -2.29. The van der Waals surface area contributed by atoms with E-state index in [2.05, 4.69) is 13.0 Å². The van der Waals surface area contributed by atoms with Gasteiger partial charge in [0.25, 0.3) is 0 Å². The van der Waals surface area contributed by atoms with Crippen LogP contribution < -0.4 is 5.73 Å². The van der Waals surface area contributed by atoms with E-state index in [1.807, 2.05) is 13.0 Å². The van der Waals surface area contributed by atoms with Crippen LogP contribution in [0.15, 0.2) is 12.2 Å². The van der Waals surface area contributed by atoms with Crippen LogP contribution in [-0.2, 0) is 0 Å². The molecule has 2 nitrogen and oxygen atoms in total. The lowest BCUT2D eigenvalue weighted by Gasteiger charge is -2.08. The first-order valence-electron chi connectivity index (χ1n) is 8.78. The minimum atomic E-state index is -0.484. The molecule has 0 rings (SSSR count). The predicted octanol–water partition coefficient (Wildman–Crippen LogP) is 4.95. The van der Waals surface area contributed by atoms with Crippen molar-refractivity contribution in [3.8, 4) is 0 Å². The van der Waals surface area contributed by atoms with E-state index in [1.165, 1.54) is 70.6 Å². The molecular formula is C18H37NO. The van der Waals surface area contributed by atoms with E-state index in [0.29, 0.717) is 0 Å². The van der Waals surface area contributed by atoms with Gasteiger partial charge in [0.05, 0.1) is 6.10 Å². The van der Waals surface area contributed by atoms with Gasteiger partial charge >= 0.3 is 0 Å². The van der Waals surface area contributed by atoms with E-state index in [0.717, 1.165) is 6.42 Å². The fourth-order valence-corrected chi connectivity index (χ4v) is 2.34. The fourth-order valence-electron chi connectivity index (χ4n) is 2.34. The number of rotatable bonds is 14. The third-order valence-corrected chi connectivity index (χ3v) is 3.85. The van der Waals surface area contributed by atoms with Crippen LogP contribution in [0.1, 0.15) is 90.9 Å². The molecule has 0 heterocycles. The number of unbranched alkanes of at least 4 members (excludes halogenated alkanes) is 11. The Hall–Kier alpha value is -0.340. The van der Waals surface area contributed by atoms with E-state index in [4.69, 9.17) is 5.73 Å². The molecule has 0 aromatic carbocycles. The number of aliphatic hydroxyl groups is 1. The smallest absolute Gasteiger partial charge is 0.0869 e. The number of aliphatic hydroxyl groups excluding tert-OH is 1. The molecular weight excluding hydrogens is 246 g/mol. The van der Waals surface area contributed by atoms with Crippen LogP contribution in [0.3, 0.4) is 0 Å². The van der Waals surface area contributed by atoms with Gasteiger partial charge in [0, 0.05) is 6.04 Å².